The zero-order valence-corrected chi connectivity index (χ0v) is 17.0. The highest BCUT2D eigenvalue weighted by Gasteiger charge is 2.37. The summed E-state index contributed by atoms with van der Waals surface area (Å²) in [4.78, 5) is 0. The first kappa shape index (κ1) is 20.8. The fraction of sp³-hybridized carbons (Fsp3) is 0.895. The van der Waals surface area contributed by atoms with Gasteiger partial charge in [0.15, 0.2) is 6.29 Å². The molecule has 3 aliphatic rings. The molecular formula is C19H27F4IO2. The lowest BCUT2D eigenvalue weighted by atomic mass is 9.79. The summed E-state index contributed by atoms with van der Waals surface area (Å²) < 4.78 is 63.3. The highest BCUT2D eigenvalue weighted by molar-refractivity contribution is 14.1. The van der Waals surface area contributed by atoms with Crippen LogP contribution in [0.15, 0.2) is 11.9 Å². The molecule has 0 atom stereocenters. The van der Waals surface area contributed by atoms with Crippen LogP contribution in [0.3, 0.4) is 0 Å². The normalized spacial score (nSPS) is 40.4. The molecule has 0 radical (unpaired) electrons. The smallest absolute Gasteiger partial charge is 0.352 e. The van der Waals surface area contributed by atoms with Gasteiger partial charge in [0.2, 0.25) is 0 Å². The van der Waals surface area contributed by atoms with E-state index < -0.39 is 17.9 Å². The third kappa shape index (κ3) is 5.80. The van der Waals surface area contributed by atoms with Crippen molar-refractivity contribution in [2.75, 3.05) is 13.2 Å². The Hall–Kier alpha value is 0.110. The van der Waals surface area contributed by atoms with Crippen molar-refractivity contribution in [3.05, 3.63) is 11.9 Å². The molecule has 1 saturated heterocycles. The summed E-state index contributed by atoms with van der Waals surface area (Å²) in [5.41, 5.74) is 0. The van der Waals surface area contributed by atoms with Gasteiger partial charge in [0, 0.05) is 21.7 Å². The van der Waals surface area contributed by atoms with E-state index in [2.05, 4.69) is 22.6 Å². The molecular weight excluding hydrogens is 463 g/mol. The van der Waals surface area contributed by atoms with Crippen LogP contribution in [0.2, 0.25) is 0 Å². The Kier molecular flexibility index (Phi) is 7.27. The molecule has 2 nitrogen and oxygen atoms in total. The van der Waals surface area contributed by atoms with Crippen LogP contribution < -0.4 is 0 Å². The summed E-state index contributed by atoms with van der Waals surface area (Å²) in [6.07, 6.45) is 2.13. The predicted octanol–water partition coefficient (Wildman–Crippen LogP) is 6.19. The second-order valence-corrected chi connectivity index (χ2v) is 9.75. The maximum absolute atomic E-state index is 13.7. The van der Waals surface area contributed by atoms with Gasteiger partial charge in [0.25, 0.3) is 0 Å². The molecule has 3 rings (SSSR count). The molecule has 2 aliphatic carbocycles. The van der Waals surface area contributed by atoms with E-state index in [1.807, 2.05) is 0 Å². The SMILES string of the molecule is F/C(=C\C(F)(F)F)C1CCC(C2OCC(C3CCC(I)CC3)CO2)CC1. The van der Waals surface area contributed by atoms with Crippen LogP contribution in [-0.2, 0) is 9.47 Å². The summed E-state index contributed by atoms with van der Waals surface area (Å²) in [6, 6.07) is 0. The van der Waals surface area contributed by atoms with Crippen molar-refractivity contribution in [1.29, 1.82) is 0 Å². The van der Waals surface area contributed by atoms with Crippen molar-refractivity contribution in [3.63, 3.8) is 0 Å². The van der Waals surface area contributed by atoms with Crippen molar-refractivity contribution in [2.24, 2.45) is 23.7 Å². The summed E-state index contributed by atoms with van der Waals surface area (Å²) in [7, 11) is 0. The molecule has 2 saturated carbocycles. The van der Waals surface area contributed by atoms with E-state index in [1.54, 1.807) is 0 Å². The maximum Gasteiger partial charge on any atom is 0.412 e. The molecule has 7 heteroatoms. The fourth-order valence-electron chi connectivity index (χ4n) is 4.57. The molecule has 26 heavy (non-hydrogen) atoms. The van der Waals surface area contributed by atoms with E-state index in [1.165, 1.54) is 25.7 Å². The monoisotopic (exact) mass is 490 g/mol. The van der Waals surface area contributed by atoms with Crippen LogP contribution in [0.25, 0.3) is 0 Å². The van der Waals surface area contributed by atoms with Crippen LogP contribution in [0.4, 0.5) is 17.6 Å². The first-order valence-electron chi connectivity index (χ1n) is 9.64. The van der Waals surface area contributed by atoms with Crippen LogP contribution in [0.1, 0.15) is 51.4 Å². The number of alkyl halides is 4. The Morgan fingerprint density at radius 2 is 1.35 bits per heavy atom. The Morgan fingerprint density at radius 1 is 0.808 bits per heavy atom. The highest BCUT2D eigenvalue weighted by atomic mass is 127. The van der Waals surface area contributed by atoms with Crippen molar-refractivity contribution >= 4 is 22.6 Å². The lowest BCUT2D eigenvalue weighted by Crippen LogP contribution is -2.41. The zero-order valence-electron chi connectivity index (χ0n) is 14.8. The lowest BCUT2D eigenvalue weighted by Gasteiger charge is -2.40. The van der Waals surface area contributed by atoms with Gasteiger partial charge in [0.05, 0.1) is 19.3 Å². The summed E-state index contributed by atoms with van der Waals surface area (Å²) in [6.45, 7) is 1.42. The van der Waals surface area contributed by atoms with Crippen LogP contribution in [0.5, 0.6) is 0 Å². The van der Waals surface area contributed by atoms with Crippen molar-refractivity contribution in [1.82, 2.24) is 0 Å². The molecule has 0 aromatic heterocycles. The van der Waals surface area contributed by atoms with Crippen molar-refractivity contribution in [3.8, 4) is 0 Å². The minimum atomic E-state index is -4.58. The molecule has 0 bridgehead atoms. The molecule has 0 aromatic rings. The third-order valence-electron chi connectivity index (χ3n) is 6.17. The fourth-order valence-corrected chi connectivity index (χ4v) is 5.29. The number of halogens is 5. The van der Waals surface area contributed by atoms with Gasteiger partial charge in [-0.2, -0.15) is 13.2 Å². The second-order valence-electron chi connectivity index (χ2n) is 7.99. The summed E-state index contributed by atoms with van der Waals surface area (Å²) >= 11 is 2.53. The van der Waals surface area contributed by atoms with Crippen molar-refractivity contribution < 1.29 is 27.0 Å². The van der Waals surface area contributed by atoms with E-state index >= 15 is 0 Å². The topological polar surface area (TPSA) is 18.5 Å². The molecule has 0 aromatic carbocycles. The number of rotatable bonds is 3. The Bertz CT molecular complexity index is 472. The first-order chi connectivity index (χ1) is 12.3. The summed E-state index contributed by atoms with van der Waals surface area (Å²) in [5.74, 6) is -0.353. The van der Waals surface area contributed by atoms with Crippen LogP contribution in [-0.4, -0.2) is 29.6 Å². The van der Waals surface area contributed by atoms with E-state index in [-0.39, 0.29) is 18.3 Å². The molecule has 0 amide bonds. The maximum atomic E-state index is 13.7. The average Bonchev–Trinajstić information content (AvgIpc) is 2.61. The van der Waals surface area contributed by atoms with Crippen molar-refractivity contribution in [2.45, 2.75) is 67.8 Å². The standard InChI is InChI=1S/C19H27F4IO2/c20-17(9-19(21,22)23)13-1-3-14(4-2-13)18-25-10-15(11-26-18)12-5-7-16(24)8-6-12/h9,12-16,18H,1-8,10-11H2/b17-9-. The number of allylic oxidation sites excluding steroid dienone is 2. The molecule has 1 heterocycles. The van der Waals surface area contributed by atoms with Crippen LogP contribution in [0, 0.1) is 23.7 Å². The zero-order chi connectivity index (χ0) is 18.7. The van der Waals surface area contributed by atoms with E-state index in [0.717, 1.165) is 3.92 Å². The van der Waals surface area contributed by atoms with Gasteiger partial charge in [-0.1, -0.05) is 22.6 Å². The minimum absolute atomic E-state index is 0.163. The molecule has 0 spiro atoms. The largest absolute Gasteiger partial charge is 0.412 e. The minimum Gasteiger partial charge on any atom is -0.352 e. The van der Waals surface area contributed by atoms with Gasteiger partial charge in [-0.05, 0) is 57.3 Å². The van der Waals surface area contributed by atoms with E-state index in [9.17, 15) is 17.6 Å². The van der Waals surface area contributed by atoms with E-state index in [4.69, 9.17) is 9.47 Å². The van der Waals surface area contributed by atoms with Gasteiger partial charge in [-0.25, -0.2) is 4.39 Å². The van der Waals surface area contributed by atoms with Gasteiger partial charge >= 0.3 is 6.18 Å². The molecule has 1 aliphatic heterocycles. The molecule has 0 N–H and O–H groups in total. The Balaban J connectivity index is 1.42. The number of hydrogen-bond donors (Lipinski definition) is 0. The lowest BCUT2D eigenvalue weighted by molar-refractivity contribution is -0.236. The van der Waals surface area contributed by atoms with Gasteiger partial charge in [0.1, 0.15) is 5.83 Å². The molecule has 3 fully saturated rings. The van der Waals surface area contributed by atoms with Gasteiger partial charge < -0.3 is 9.47 Å². The molecule has 150 valence electrons. The first-order valence-corrected chi connectivity index (χ1v) is 10.9. The summed E-state index contributed by atoms with van der Waals surface area (Å²) in [5, 5.41) is 0. The molecule has 0 unspecified atom stereocenters. The highest BCUT2D eigenvalue weighted by Crippen LogP contribution is 2.40. The van der Waals surface area contributed by atoms with E-state index in [0.29, 0.717) is 50.7 Å². The number of hydrogen-bond acceptors (Lipinski definition) is 2. The third-order valence-corrected chi connectivity index (χ3v) is 7.41. The second kappa shape index (κ2) is 9.07. The Labute approximate surface area is 166 Å². The average molecular weight is 490 g/mol. The quantitative estimate of drug-likeness (QED) is 0.267. The van der Waals surface area contributed by atoms with Crippen LogP contribution >= 0.6 is 22.6 Å². The predicted molar refractivity (Wildman–Crippen MR) is 99.6 cm³/mol. The Morgan fingerprint density at radius 3 is 1.88 bits per heavy atom. The van der Waals surface area contributed by atoms with Gasteiger partial charge in [-0.15, -0.1) is 0 Å². The van der Waals surface area contributed by atoms with Gasteiger partial charge in [-0.3, -0.25) is 0 Å². The number of ether oxygens (including phenoxy) is 2.